The molecule has 3 N–H and O–H groups in total. The van der Waals surface area contributed by atoms with Crippen molar-refractivity contribution in [3.8, 4) is 11.8 Å². The van der Waals surface area contributed by atoms with E-state index in [1.54, 1.807) is 24.3 Å². The predicted octanol–water partition coefficient (Wildman–Crippen LogP) is 4.75. The number of hydrogen-bond acceptors (Lipinski definition) is 5. The molecule has 178 valence electrons. The number of anilines is 2. The van der Waals surface area contributed by atoms with Crippen LogP contribution in [-0.2, 0) is 4.79 Å². The predicted molar refractivity (Wildman–Crippen MR) is 137 cm³/mol. The zero-order chi connectivity index (χ0) is 24.9. The number of piperidine rings is 1. The van der Waals surface area contributed by atoms with Gasteiger partial charge in [-0.25, -0.2) is 14.4 Å². The number of carbonyl (C=O) groups excluding carboxylic acids is 1. The molecule has 2 heterocycles. The summed E-state index contributed by atoms with van der Waals surface area (Å²) >= 11 is 5.92. The minimum absolute atomic E-state index is 0.00517. The van der Waals surface area contributed by atoms with Gasteiger partial charge in [-0.05, 0) is 50.5 Å². The lowest BCUT2D eigenvalue weighted by atomic mass is 9.96. The summed E-state index contributed by atoms with van der Waals surface area (Å²) in [6.07, 6.45) is 2.48. The maximum Gasteiger partial charge on any atom is 0.248 e. The molecule has 2 fully saturated rings. The normalized spacial score (nSPS) is 20.9. The first-order valence-corrected chi connectivity index (χ1v) is 11.8. The minimum atomic E-state index is -0.644. The Morgan fingerprint density at radius 1 is 1.37 bits per heavy atom. The van der Waals surface area contributed by atoms with Crippen LogP contribution in [0.15, 0.2) is 43.2 Å². The largest absolute Gasteiger partial charge is 0.366 e. The molecule has 1 aromatic heterocycles. The van der Waals surface area contributed by atoms with Crippen molar-refractivity contribution in [2.75, 3.05) is 18.4 Å². The molecule has 0 radical (unpaired) electrons. The van der Waals surface area contributed by atoms with Gasteiger partial charge in [-0.1, -0.05) is 36.1 Å². The summed E-state index contributed by atoms with van der Waals surface area (Å²) < 4.78 is 14.5. The van der Waals surface area contributed by atoms with Crippen LogP contribution in [0.25, 0.3) is 16.5 Å². The highest BCUT2D eigenvalue weighted by molar-refractivity contribution is 6.31. The number of nitrogens with zero attached hydrogens (tertiary/aromatic N) is 3. The molecular formula is C27H25ClFN5O. The van der Waals surface area contributed by atoms with E-state index in [1.807, 2.05) is 0 Å². The van der Waals surface area contributed by atoms with E-state index in [1.165, 1.54) is 12.4 Å². The molecular weight excluding hydrogens is 465 g/mol. The summed E-state index contributed by atoms with van der Waals surface area (Å²) in [5.41, 5.74) is 7.61. The van der Waals surface area contributed by atoms with E-state index in [4.69, 9.17) is 17.3 Å². The molecule has 8 heteroatoms. The Morgan fingerprint density at radius 3 is 2.89 bits per heavy atom. The Labute approximate surface area is 208 Å². The van der Waals surface area contributed by atoms with Crippen molar-refractivity contribution in [2.24, 2.45) is 17.1 Å². The standard InChI is InChI=1S/C27H25ClFN5O/c1-15(2)34-12-18-11-27(18,13-34)8-7-17-9-23-20(10-19(17)16(3)25(30)35)26(32-14-31-23)33-22-6-4-5-21(28)24(22)29/h4-6,9-10,14-15,18H,3,11-13H2,1-2H3,(H2,30,35)(H,31,32,33)/t18-,27+/m0/s1. The van der Waals surface area contributed by atoms with Gasteiger partial charge in [-0.15, -0.1) is 0 Å². The fourth-order valence-corrected chi connectivity index (χ4v) is 4.89. The molecule has 5 rings (SSSR count). The molecule has 2 aliphatic rings. The molecule has 35 heavy (non-hydrogen) atoms. The van der Waals surface area contributed by atoms with Crippen molar-refractivity contribution in [1.29, 1.82) is 0 Å². The van der Waals surface area contributed by atoms with Gasteiger partial charge in [0.1, 0.15) is 12.1 Å². The average molecular weight is 490 g/mol. The number of likely N-dealkylation sites (tertiary alicyclic amines) is 1. The summed E-state index contributed by atoms with van der Waals surface area (Å²) in [6, 6.07) is 8.68. The van der Waals surface area contributed by atoms with Crippen LogP contribution in [0, 0.1) is 29.0 Å². The number of benzene rings is 2. The Balaban J connectivity index is 1.57. The van der Waals surface area contributed by atoms with Gasteiger partial charge in [0.15, 0.2) is 5.82 Å². The monoisotopic (exact) mass is 489 g/mol. The van der Waals surface area contributed by atoms with E-state index in [0.29, 0.717) is 39.8 Å². The lowest BCUT2D eigenvalue weighted by Crippen LogP contribution is -2.31. The minimum Gasteiger partial charge on any atom is -0.366 e. The molecule has 0 unspecified atom stereocenters. The second-order valence-corrected chi connectivity index (χ2v) is 9.94. The Hall–Kier alpha value is -3.47. The molecule has 3 aromatic rings. The molecule has 0 spiro atoms. The third kappa shape index (κ3) is 4.24. The molecule has 2 aromatic carbocycles. The lowest BCUT2D eigenvalue weighted by Gasteiger charge is -2.22. The third-order valence-electron chi connectivity index (χ3n) is 6.95. The number of amides is 1. The fraction of sp³-hybridized carbons (Fsp3) is 0.296. The average Bonchev–Trinajstić information content (AvgIpc) is 3.38. The summed E-state index contributed by atoms with van der Waals surface area (Å²) in [5.74, 6) is 6.50. The molecule has 1 aliphatic carbocycles. The zero-order valence-corrected chi connectivity index (χ0v) is 20.3. The van der Waals surface area contributed by atoms with Crippen LogP contribution in [0.3, 0.4) is 0 Å². The Morgan fingerprint density at radius 2 is 2.17 bits per heavy atom. The first-order valence-electron chi connectivity index (χ1n) is 11.4. The van der Waals surface area contributed by atoms with Crippen LogP contribution >= 0.6 is 11.6 Å². The number of nitrogens with two attached hydrogens (primary N) is 1. The van der Waals surface area contributed by atoms with E-state index in [0.717, 1.165) is 19.5 Å². The van der Waals surface area contributed by atoms with E-state index < -0.39 is 11.7 Å². The van der Waals surface area contributed by atoms with Gasteiger partial charge < -0.3 is 11.1 Å². The fourth-order valence-electron chi connectivity index (χ4n) is 4.72. The quantitative estimate of drug-likeness (QED) is 0.399. The van der Waals surface area contributed by atoms with Gasteiger partial charge in [-0.2, -0.15) is 0 Å². The van der Waals surface area contributed by atoms with Gasteiger partial charge in [0.25, 0.3) is 0 Å². The number of halogens is 2. The van der Waals surface area contributed by atoms with E-state index in [9.17, 15) is 9.18 Å². The third-order valence-corrected chi connectivity index (χ3v) is 7.24. The topological polar surface area (TPSA) is 84.1 Å². The van der Waals surface area contributed by atoms with Crippen LogP contribution in [0.4, 0.5) is 15.9 Å². The van der Waals surface area contributed by atoms with Gasteiger partial charge >= 0.3 is 0 Å². The highest BCUT2D eigenvalue weighted by atomic mass is 35.5. The highest BCUT2D eigenvalue weighted by Gasteiger charge is 2.59. The van der Waals surface area contributed by atoms with Crippen LogP contribution in [0.5, 0.6) is 0 Å². The first kappa shape index (κ1) is 23.3. The van der Waals surface area contributed by atoms with Crippen molar-refractivity contribution >= 4 is 45.5 Å². The number of aromatic nitrogens is 2. The Kier molecular flexibility index (Phi) is 5.74. The zero-order valence-electron chi connectivity index (χ0n) is 19.5. The van der Waals surface area contributed by atoms with Crippen LogP contribution < -0.4 is 11.1 Å². The lowest BCUT2D eigenvalue weighted by molar-refractivity contribution is -0.112. The number of nitrogens with one attached hydrogen (secondary N) is 1. The number of carbonyl (C=O) groups is 1. The molecule has 1 saturated heterocycles. The van der Waals surface area contributed by atoms with Crippen LogP contribution in [-0.4, -0.2) is 39.9 Å². The molecule has 1 amide bonds. The molecule has 6 nitrogen and oxygen atoms in total. The van der Waals surface area contributed by atoms with Gasteiger partial charge in [0, 0.05) is 46.6 Å². The number of rotatable bonds is 5. The summed E-state index contributed by atoms with van der Waals surface area (Å²) in [5, 5.41) is 3.55. The molecule has 0 bridgehead atoms. The molecule has 1 saturated carbocycles. The van der Waals surface area contributed by atoms with Crippen molar-refractivity contribution in [1.82, 2.24) is 14.9 Å². The van der Waals surface area contributed by atoms with Crippen molar-refractivity contribution in [3.63, 3.8) is 0 Å². The number of fused-ring (bicyclic) bond motifs is 2. The summed E-state index contributed by atoms with van der Waals surface area (Å²) in [7, 11) is 0. The highest BCUT2D eigenvalue weighted by Crippen LogP contribution is 2.57. The molecule has 2 atom stereocenters. The van der Waals surface area contributed by atoms with E-state index >= 15 is 0 Å². The van der Waals surface area contributed by atoms with Gasteiger partial charge in [0.2, 0.25) is 5.91 Å². The van der Waals surface area contributed by atoms with Crippen LogP contribution in [0.1, 0.15) is 31.4 Å². The smallest absolute Gasteiger partial charge is 0.248 e. The Bertz CT molecular complexity index is 1440. The molecule has 1 aliphatic heterocycles. The maximum atomic E-state index is 14.5. The van der Waals surface area contributed by atoms with Crippen LogP contribution in [0.2, 0.25) is 5.02 Å². The number of hydrogen-bond donors (Lipinski definition) is 2. The summed E-state index contributed by atoms with van der Waals surface area (Å²) in [4.78, 5) is 23.2. The van der Waals surface area contributed by atoms with Crippen molar-refractivity contribution in [2.45, 2.75) is 26.3 Å². The van der Waals surface area contributed by atoms with Crippen molar-refractivity contribution in [3.05, 3.63) is 65.2 Å². The maximum absolute atomic E-state index is 14.5. The summed E-state index contributed by atoms with van der Waals surface area (Å²) in [6.45, 7) is 10.3. The SMILES string of the molecule is C=C(C(N)=O)c1cc2c(Nc3cccc(Cl)c3F)ncnc2cc1C#C[C@]12C[C@H]1CN(C(C)C)C2. The van der Waals surface area contributed by atoms with Crippen molar-refractivity contribution < 1.29 is 9.18 Å². The van der Waals surface area contributed by atoms with Gasteiger partial charge in [0.05, 0.1) is 16.2 Å². The second kappa shape index (κ2) is 8.63. The second-order valence-electron chi connectivity index (χ2n) is 9.54. The number of primary amides is 1. The first-order chi connectivity index (χ1) is 16.7. The van der Waals surface area contributed by atoms with E-state index in [-0.39, 0.29) is 21.7 Å². The van der Waals surface area contributed by atoms with E-state index in [2.05, 4.69) is 52.5 Å². The van der Waals surface area contributed by atoms with Gasteiger partial charge in [-0.3, -0.25) is 9.69 Å².